The van der Waals surface area contributed by atoms with E-state index in [9.17, 15) is 13.0 Å². The van der Waals surface area contributed by atoms with Gasteiger partial charge in [0.05, 0.1) is 29.4 Å². The van der Waals surface area contributed by atoms with Crippen LogP contribution in [-0.2, 0) is 18.9 Å². The molecule has 204 valence electrons. The summed E-state index contributed by atoms with van der Waals surface area (Å²) in [6.45, 7) is 4.99. The topological polar surface area (TPSA) is 142 Å². The summed E-state index contributed by atoms with van der Waals surface area (Å²) < 4.78 is 46.5. The van der Waals surface area contributed by atoms with E-state index in [4.69, 9.17) is 14.5 Å². The average Bonchev–Trinajstić information content (AvgIpc) is 3.25. The second-order valence-corrected chi connectivity index (χ2v) is 12.7. The maximum absolute atomic E-state index is 12.5. The van der Waals surface area contributed by atoms with Crippen molar-refractivity contribution in [2.75, 3.05) is 39.1 Å². The average molecular weight is 562 g/mol. The van der Waals surface area contributed by atoms with E-state index in [1.807, 2.05) is 37.1 Å². The van der Waals surface area contributed by atoms with E-state index in [2.05, 4.69) is 20.6 Å². The lowest BCUT2D eigenvalue weighted by Gasteiger charge is -2.17. The Balaban J connectivity index is 1.60. The monoisotopic (exact) mass is 561 g/mol. The lowest BCUT2D eigenvalue weighted by atomic mass is 9.99. The van der Waals surface area contributed by atoms with Gasteiger partial charge >= 0.3 is 7.82 Å². The quantitative estimate of drug-likeness (QED) is 0.170. The summed E-state index contributed by atoms with van der Waals surface area (Å²) in [5.74, 6) is 0.685. The van der Waals surface area contributed by atoms with Crippen LogP contribution in [0.2, 0.25) is 0 Å². The van der Waals surface area contributed by atoms with E-state index < -0.39 is 17.7 Å². The Morgan fingerprint density at radius 2 is 1.89 bits per heavy atom. The number of phosphoric ester groups is 1. The van der Waals surface area contributed by atoms with Crippen LogP contribution in [0.1, 0.15) is 18.9 Å². The molecule has 12 heteroatoms. The first-order valence-electron chi connectivity index (χ1n) is 12.2. The molecule has 0 atom stereocenters. The summed E-state index contributed by atoms with van der Waals surface area (Å²) in [6.07, 6.45) is 2.47. The zero-order valence-corrected chi connectivity index (χ0v) is 23.3. The fourth-order valence-electron chi connectivity index (χ4n) is 4.29. The van der Waals surface area contributed by atoms with Crippen molar-refractivity contribution in [3.8, 4) is 16.9 Å². The highest BCUT2D eigenvalue weighted by atomic mass is 32.2. The Morgan fingerprint density at radius 3 is 2.63 bits per heavy atom. The Morgan fingerprint density at radius 1 is 1.11 bits per heavy atom. The summed E-state index contributed by atoms with van der Waals surface area (Å²) in [5.41, 5.74) is 4.16. The SMILES string of the molecule is CCS(=O)(=O)c1cccc(-c2ccc(OCCCN(C)CCOP(=O)(O)O)c3[nH]c4ncc(C)cc4c23)c1. The van der Waals surface area contributed by atoms with E-state index in [1.165, 1.54) is 0 Å². The molecule has 0 aliphatic rings. The molecule has 2 aromatic carbocycles. The molecule has 0 saturated heterocycles. The van der Waals surface area contributed by atoms with Gasteiger partial charge in [-0.1, -0.05) is 19.1 Å². The summed E-state index contributed by atoms with van der Waals surface area (Å²) in [7, 11) is -5.98. The molecule has 0 fully saturated rings. The van der Waals surface area contributed by atoms with Gasteiger partial charge in [0, 0.05) is 30.1 Å². The molecule has 4 rings (SSSR count). The number of fused-ring (bicyclic) bond motifs is 3. The van der Waals surface area contributed by atoms with Crippen LogP contribution in [0, 0.1) is 6.92 Å². The number of hydrogen-bond donors (Lipinski definition) is 3. The normalized spacial score (nSPS) is 12.6. The smallest absolute Gasteiger partial charge is 0.469 e. The number of H-pyrrole nitrogens is 1. The first-order chi connectivity index (χ1) is 18.0. The fourth-order valence-corrected chi connectivity index (χ4v) is 5.54. The van der Waals surface area contributed by atoms with Crippen molar-refractivity contribution in [3.63, 3.8) is 0 Å². The van der Waals surface area contributed by atoms with Crippen LogP contribution in [0.25, 0.3) is 33.1 Å². The lowest BCUT2D eigenvalue weighted by molar-refractivity contribution is 0.168. The molecule has 0 bridgehead atoms. The molecule has 0 spiro atoms. The Kier molecular flexibility index (Phi) is 8.56. The van der Waals surface area contributed by atoms with Crippen LogP contribution in [0.5, 0.6) is 5.75 Å². The second-order valence-electron chi connectivity index (χ2n) is 9.16. The van der Waals surface area contributed by atoms with Gasteiger partial charge in [0.15, 0.2) is 9.84 Å². The van der Waals surface area contributed by atoms with Gasteiger partial charge < -0.3 is 24.4 Å². The number of benzene rings is 2. The number of aromatic amines is 1. The summed E-state index contributed by atoms with van der Waals surface area (Å²) >= 11 is 0. The number of rotatable bonds is 12. The Bertz CT molecular complexity index is 1600. The number of nitrogens with one attached hydrogen (secondary N) is 1. The predicted octanol–water partition coefficient (Wildman–Crippen LogP) is 4.30. The first-order valence-corrected chi connectivity index (χ1v) is 15.4. The molecule has 2 heterocycles. The summed E-state index contributed by atoms with van der Waals surface area (Å²) in [6, 6.07) is 12.9. The van der Waals surface area contributed by atoms with Crippen molar-refractivity contribution in [3.05, 3.63) is 54.2 Å². The van der Waals surface area contributed by atoms with E-state index in [1.54, 1.807) is 31.3 Å². The lowest BCUT2D eigenvalue weighted by Crippen LogP contribution is -2.25. The van der Waals surface area contributed by atoms with Crippen LogP contribution in [0.3, 0.4) is 0 Å². The van der Waals surface area contributed by atoms with Gasteiger partial charge in [0.2, 0.25) is 0 Å². The molecule has 0 aliphatic heterocycles. The third-order valence-electron chi connectivity index (χ3n) is 6.26. The number of phosphoric acid groups is 1. The van der Waals surface area contributed by atoms with Crippen LogP contribution >= 0.6 is 7.82 Å². The highest BCUT2D eigenvalue weighted by Crippen LogP contribution is 2.39. The van der Waals surface area contributed by atoms with Crippen LogP contribution in [0.15, 0.2) is 53.6 Å². The Hall–Kier alpha value is -2.79. The van der Waals surface area contributed by atoms with Gasteiger partial charge in [-0.25, -0.2) is 18.0 Å². The van der Waals surface area contributed by atoms with Gasteiger partial charge in [0.1, 0.15) is 11.4 Å². The summed E-state index contributed by atoms with van der Waals surface area (Å²) in [5, 5.41) is 1.83. The molecule has 10 nitrogen and oxygen atoms in total. The van der Waals surface area contributed by atoms with E-state index in [-0.39, 0.29) is 17.3 Å². The number of ether oxygens (including phenoxy) is 1. The zero-order valence-electron chi connectivity index (χ0n) is 21.5. The maximum Gasteiger partial charge on any atom is 0.469 e. The molecular weight excluding hydrogens is 529 g/mol. The molecule has 0 radical (unpaired) electrons. The van der Waals surface area contributed by atoms with Crippen LogP contribution in [-0.4, -0.2) is 72.2 Å². The molecule has 2 aromatic heterocycles. The molecule has 4 aromatic rings. The largest absolute Gasteiger partial charge is 0.491 e. The number of hydrogen-bond acceptors (Lipinski definition) is 7. The van der Waals surface area contributed by atoms with Crippen molar-refractivity contribution >= 4 is 39.6 Å². The standard InChI is InChI=1S/C26H32N3O7PS/c1-4-38(33,34)20-8-5-7-19(16-20)21-9-10-23(25-24(21)22-15-18(2)17-27-26(22)28-25)35-13-6-11-29(3)12-14-36-37(30,31)32/h5,7-10,15-17H,4,6,11-14H2,1-3H3,(H,27,28)(H2,30,31,32). The van der Waals surface area contributed by atoms with E-state index in [0.717, 1.165) is 33.0 Å². The predicted molar refractivity (Wildman–Crippen MR) is 147 cm³/mol. The molecule has 0 amide bonds. The maximum atomic E-state index is 12.5. The van der Waals surface area contributed by atoms with Crippen molar-refractivity contribution in [2.24, 2.45) is 0 Å². The number of aromatic nitrogens is 2. The van der Waals surface area contributed by atoms with E-state index >= 15 is 0 Å². The minimum atomic E-state index is -4.46. The first kappa shape index (κ1) is 28.2. The Labute approximate surface area is 221 Å². The van der Waals surface area contributed by atoms with Gasteiger partial charge in [-0.2, -0.15) is 0 Å². The van der Waals surface area contributed by atoms with Gasteiger partial charge in [-0.3, -0.25) is 4.52 Å². The third kappa shape index (κ3) is 6.61. The minimum Gasteiger partial charge on any atom is -0.491 e. The molecule has 0 aliphatic carbocycles. The second kappa shape index (κ2) is 11.5. The van der Waals surface area contributed by atoms with Gasteiger partial charge in [-0.15, -0.1) is 0 Å². The highest BCUT2D eigenvalue weighted by molar-refractivity contribution is 7.91. The zero-order chi connectivity index (χ0) is 27.5. The number of aryl methyl sites for hydroxylation is 1. The van der Waals surface area contributed by atoms with Crippen LogP contribution < -0.4 is 4.74 Å². The summed E-state index contributed by atoms with van der Waals surface area (Å²) in [4.78, 5) is 27.7. The number of nitrogens with zero attached hydrogens (tertiary/aromatic N) is 2. The minimum absolute atomic E-state index is 0.0285. The molecule has 0 unspecified atom stereocenters. The van der Waals surface area contributed by atoms with Gasteiger partial charge in [0.25, 0.3) is 0 Å². The van der Waals surface area contributed by atoms with Crippen molar-refractivity contribution in [1.82, 2.24) is 14.9 Å². The number of likely N-dealkylation sites (N-methyl/N-ethyl adjacent to an activating group) is 1. The number of sulfone groups is 1. The molecule has 38 heavy (non-hydrogen) atoms. The number of pyridine rings is 1. The van der Waals surface area contributed by atoms with Crippen molar-refractivity contribution < 1.29 is 32.0 Å². The fraction of sp³-hybridized carbons (Fsp3) is 0.346. The third-order valence-corrected chi connectivity index (χ3v) is 8.51. The van der Waals surface area contributed by atoms with E-state index in [0.29, 0.717) is 37.5 Å². The highest BCUT2D eigenvalue weighted by Gasteiger charge is 2.18. The van der Waals surface area contributed by atoms with Gasteiger partial charge in [-0.05, 0) is 67.4 Å². The van der Waals surface area contributed by atoms with Crippen molar-refractivity contribution in [1.29, 1.82) is 0 Å². The molecule has 3 N–H and O–H groups in total. The molecular formula is C26H32N3O7PS. The molecule has 0 saturated carbocycles. The van der Waals surface area contributed by atoms with Crippen molar-refractivity contribution in [2.45, 2.75) is 25.2 Å². The van der Waals surface area contributed by atoms with Crippen LogP contribution in [0.4, 0.5) is 0 Å².